The van der Waals surface area contributed by atoms with Crippen LogP contribution in [0.2, 0.25) is 0 Å². The van der Waals surface area contributed by atoms with Crippen molar-refractivity contribution in [2.24, 2.45) is 0 Å². The van der Waals surface area contributed by atoms with Crippen LogP contribution in [0.1, 0.15) is 0 Å². The number of hydrogen-bond donors (Lipinski definition) is 0. The van der Waals surface area contributed by atoms with Gasteiger partial charge in [-0.3, -0.25) is 0 Å². The van der Waals surface area contributed by atoms with Crippen molar-refractivity contribution in [3.63, 3.8) is 0 Å². The van der Waals surface area contributed by atoms with E-state index < -0.39 is 5.97 Å². The van der Waals surface area contributed by atoms with Gasteiger partial charge in [0.05, 0.1) is 0 Å². The van der Waals surface area contributed by atoms with E-state index in [1.54, 1.807) is 23.5 Å². The summed E-state index contributed by atoms with van der Waals surface area (Å²) in [6.07, 6.45) is 1.11. The molecule has 7 heteroatoms. The van der Waals surface area contributed by atoms with Crippen LogP contribution in [0.4, 0.5) is 4.79 Å². The normalized spacial score (nSPS) is 16.2. The molecule has 0 aromatic heterocycles. The molecule has 1 rings (SSSR count). The fourth-order valence-corrected chi connectivity index (χ4v) is 3.86. The Morgan fingerprint density at radius 3 is 2.76 bits per heavy atom. The summed E-state index contributed by atoms with van der Waals surface area (Å²) in [5.74, 6) is 1.67. The Labute approximate surface area is 113 Å². The molecule has 0 aromatic carbocycles. The van der Waals surface area contributed by atoms with Gasteiger partial charge in [-0.25, -0.2) is 9.59 Å². The van der Waals surface area contributed by atoms with Crippen molar-refractivity contribution in [2.75, 3.05) is 29.0 Å². The summed E-state index contributed by atoms with van der Waals surface area (Å²) in [7, 11) is 0. The van der Waals surface area contributed by atoms with E-state index in [1.165, 1.54) is 0 Å². The highest BCUT2D eigenvalue weighted by molar-refractivity contribution is 8.16. The quantitative estimate of drug-likeness (QED) is 0.438. The number of carbonyl (C=O) groups excluding carboxylic acids is 2. The van der Waals surface area contributed by atoms with Gasteiger partial charge in [0.1, 0.15) is 12.7 Å². The maximum Gasteiger partial charge on any atom is 0.367 e. The SMILES string of the molecule is C=CC(=O)OCCSC(=O)OC1CSCSC1. The second kappa shape index (κ2) is 8.77. The Morgan fingerprint density at radius 1 is 1.41 bits per heavy atom. The molecule has 0 unspecified atom stereocenters. The van der Waals surface area contributed by atoms with Crippen molar-refractivity contribution in [3.05, 3.63) is 12.7 Å². The van der Waals surface area contributed by atoms with Gasteiger partial charge in [-0.15, -0.1) is 23.5 Å². The minimum atomic E-state index is -0.473. The van der Waals surface area contributed by atoms with E-state index in [-0.39, 0.29) is 18.0 Å². The average molecular weight is 294 g/mol. The van der Waals surface area contributed by atoms with Crippen molar-refractivity contribution >= 4 is 46.6 Å². The third-order valence-corrected chi connectivity index (χ3v) is 5.00. The topological polar surface area (TPSA) is 52.6 Å². The maximum atomic E-state index is 11.4. The molecule has 17 heavy (non-hydrogen) atoms. The zero-order valence-electron chi connectivity index (χ0n) is 9.26. The molecule has 0 N–H and O–H groups in total. The first-order chi connectivity index (χ1) is 8.22. The van der Waals surface area contributed by atoms with Gasteiger partial charge < -0.3 is 9.47 Å². The van der Waals surface area contributed by atoms with Crippen molar-refractivity contribution < 1.29 is 19.1 Å². The summed E-state index contributed by atoms with van der Waals surface area (Å²) < 4.78 is 9.98. The molecular formula is C10H14O4S3. The summed E-state index contributed by atoms with van der Waals surface area (Å²) in [6, 6.07) is 0. The van der Waals surface area contributed by atoms with Gasteiger partial charge in [0.2, 0.25) is 0 Å². The van der Waals surface area contributed by atoms with Gasteiger partial charge >= 0.3 is 11.3 Å². The predicted molar refractivity (Wildman–Crippen MR) is 73.7 cm³/mol. The molecule has 0 saturated carbocycles. The lowest BCUT2D eigenvalue weighted by Crippen LogP contribution is -2.24. The van der Waals surface area contributed by atoms with Crippen LogP contribution in [-0.2, 0) is 14.3 Å². The lowest BCUT2D eigenvalue weighted by Gasteiger charge is -2.20. The minimum absolute atomic E-state index is 0.00877. The maximum absolute atomic E-state index is 11.4. The van der Waals surface area contributed by atoms with E-state index in [9.17, 15) is 9.59 Å². The predicted octanol–water partition coefficient (Wildman–Crippen LogP) is 2.39. The molecule has 0 bridgehead atoms. The summed E-state index contributed by atoms with van der Waals surface area (Å²) in [5.41, 5.74) is 0. The third-order valence-electron chi connectivity index (χ3n) is 1.75. The van der Waals surface area contributed by atoms with E-state index in [4.69, 9.17) is 9.47 Å². The summed E-state index contributed by atoms with van der Waals surface area (Å²) in [5, 5.41) is 0.770. The molecule has 0 radical (unpaired) electrons. The van der Waals surface area contributed by atoms with Crippen molar-refractivity contribution in [3.8, 4) is 0 Å². The zero-order valence-corrected chi connectivity index (χ0v) is 11.7. The largest absolute Gasteiger partial charge is 0.462 e. The second-order valence-corrected chi connectivity index (χ2v) is 6.53. The first-order valence-corrected chi connectivity index (χ1v) is 8.30. The van der Waals surface area contributed by atoms with Crippen LogP contribution in [0.3, 0.4) is 0 Å². The monoisotopic (exact) mass is 294 g/mol. The molecule has 0 spiro atoms. The van der Waals surface area contributed by atoms with Gasteiger partial charge in [-0.2, -0.15) is 0 Å². The summed E-state index contributed by atoms with van der Waals surface area (Å²) in [6.45, 7) is 3.47. The molecule has 1 heterocycles. The highest BCUT2D eigenvalue weighted by Crippen LogP contribution is 2.24. The number of rotatable bonds is 5. The highest BCUT2D eigenvalue weighted by atomic mass is 32.2. The molecule has 0 amide bonds. The number of hydrogen-bond acceptors (Lipinski definition) is 7. The van der Waals surface area contributed by atoms with Crippen LogP contribution in [0.5, 0.6) is 0 Å². The number of carbonyl (C=O) groups is 2. The zero-order chi connectivity index (χ0) is 12.5. The molecule has 96 valence electrons. The van der Waals surface area contributed by atoms with Crippen LogP contribution in [0, 0.1) is 0 Å². The molecule has 1 fully saturated rings. The van der Waals surface area contributed by atoms with Crippen molar-refractivity contribution in [1.82, 2.24) is 0 Å². The Hall–Kier alpha value is -0.270. The molecule has 1 aliphatic rings. The minimum Gasteiger partial charge on any atom is -0.462 e. The standard InChI is InChI=1S/C10H14O4S3/c1-2-9(11)13-3-4-17-10(12)14-8-5-15-7-16-6-8/h2,8H,1,3-7H2. The van der Waals surface area contributed by atoms with Gasteiger partial charge in [-0.05, 0) is 11.8 Å². The van der Waals surface area contributed by atoms with Gasteiger partial charge in [0, 0.05) is 28.4 Å². The first-order valence-electron chi connectivity index (χ1n) is 5.00. The third kappa shape index (κ3) is 6.90. The van der Waals surface area contributed by atoms with Gasteiger partial charge in [-0.1, -0.05) is 6.58 Å². The van der Waals surface area contributed by atoms with E-state index in [0.29, 0.717) is 5.75 Å². The smallest absolute Gasteiger partial charge is 0.367 e. The fourth-order valence-electron chi connectivity index (χ4n) is 1.03. The summed E-state index contributed by atoms with van der Waals surface area (Å²) >= 11 is 4.58. The van der Waals surface area contributed by atoms with Crippen LogP contribution in [0.25, 0.3) is 0 Å². The molecule has 0 aliphatic carbocycles. The first kappa shape index (κ1) is 14.8. The van der Waals surface area contributed by atoms with Gasteiger partial charge in [0.25, 0.3) is 0 Å². The van der Waals surface area contributed by atoms with Crippen LogP contribution >= 0.6 is 35.3 Å². The molecular weight excluding hydrogens is 280 g/mol. The van der Waals surface area contributed by atoms with Crippen LogP contribution < -0.4 is 0 Å². The molecule has 0 atom stereocenters. The van der Waals surface area contributed by atoms with E-state index in [1.807, 2.05) is 0 Å². The Morgan fingerprint density at radius 2 is 2.12 bits per heavy atom. The second-order valence-electron chi connectivity index (χ2n) is 3.07. The van der Waals surface area contributed by atoms with E-state index in [0.717, 1.165) is 34.4 Å². The van der Waals surface area contributed by atoms with Gasteiger partial charge in [0.15, 0.2) is 0 Å². The highest BCUT2D eigenvalue weighted by Gasteiger charge is 2.18. The van der Waals surface area contributed by atoms with E-state index >= 15 is 0 Å². The van der Waals surface area contributed by atoms with Crippen LogP contribution in [-0.4, -0.2) is 46.3 Å². The van der Waals surface area contributed by atoms with Crippen molar-refractivity contribution in [1.29, 1.82) is 0 Å². The molecule has 0 aromatic rings. The van der Waals surface area contributed by atoms with E-state index in [2.05, 4.69) is 6.58 Å². The lowest BCUT2D eigenvalue weighted by atomic mass is 10.5. The Balaban J connectivity index is 2.04. The van der Waals surface area contributed by atoms with Crippen molar-refractivity contribution in [2.45, 2.75) is 6.10 Å². The fraction of sp³-hybridized carbons (Fsp3) is 0.600. The summed E-state index contributed by atoms with van der Waals surface area (Å²) in [4.78, 5) is 22.1. The Bertz CT molecular complexity index is 277. The number of ether oxygens (including phenoxy) is 2. The number of thioether (sulfide) groups is 3. The van der Waals surface area contributed by atoms with Crippen LogP contribution in [0.15, 0.2) is 12.7 Å². The molecule has 1 saturated heterocycles. The Kier molecular flexibility index (Phi) is 7.63. The molecule has 1 aliphatic heterocycles. The average Bonchev–Trinajstić information content (AvgIpc) is 2.35. The lowest BCUT2D eigenvalue weighted by molar-refractivity contribution is -0.137. The molecule has 4 nitrogen and oxygen atoms in total. The number of esters is 1.